The van der Waals surface area contributed by atoms with Crippen molar-refractivity contribution in [3.63, 3.8) is 0 Å². The first kappa shape index (κ1) is 16.7. The Bertz CT molecular complexity index is 413. The van der Waals surface area contributed by atoms with E-state index in [4.69, 9.17) is 4.74 Å². The Morgan fingerprint density at radius 2 is 1.95 bits per heavy atom. The van der Waals surface area contributed by atoms with Crippen LogP contribution in [0.3, 0.4) is 0 Å². The maximum absolute atomic E-state index is 10.9. The van der Waals surface area contributed by atoms with Gasteiger partial charge < -0.3 is 4.74 Å². The summed E-state index contributed by atoms with van der Waals surface area (Å²) in [5.74, 6) is 1.59. The fourth-order valence-electron chi connectivity index (χ4n) is 2.45. The van der Waals surface area contributed by atoms with Gasteiger partial charge in [0.2, 0.25) is 0 Å². The van der Waals surface area contributed by atoms with Crippen LogP contribution in [-0.2, 0) is 6.54 Å². The van der Waals surface area contributed by atoms with Gasteiger partial charge in [0.15, 0.2) is 0 Å². The highest BCUT2D eigenvalue weighted by atomic mass is 16.5. The molecule has 0 spiro atoms. The molecule has 0 aliphatic carbocycles. The van der Waals surface area contributed by atoms with E-state index in [2.05, 4.69) is 25.7 Å². The van der Waals surface area contributed by atoms with Gasteiger partial charge in [-0.15, -0.1) is 0 Å². The van der Waals surface area contributed by atoms with E-state index in [-0.39, 0.29) is 0 Å². The van der Waals surface area contributed by atoms with Gasteiger partial charge in [-0.2, -0.15) is 0 Å². The quantitative estimate of drug-likeness (QED) is 0.644. The average Bonchev–Trinajstić information content (AvgIpc) is 2.51. The minimum absolute atomic E-state index is 0.708. The first-order valence-electron chi connectivity index (χ1n) is 7.52. The second-order valence-corrected chi connectivity index (χ2v) is 5.20. The summed E-state index contributed by atoms with van der Waals surface area (Å²) in [5.41, 5.74) is 1.80. The summed E-state index contributed by atoms with van der Waals surface area (Å²) in [6.45, 7) is 9.60. The molecule has 0 unspecified atom stereocenters. The van der Waals surface area contributed by atoms with E-state index in [9.17, 15) is 4.79 Å². The number of carbonyl (C=O) groups excluding carboxylic acids is 1. The molecule has 3 heteroatoms. The maximum Gasteiger partial charge on any atom is 0.150 e. The van der Waals surface area contributed by atoms with Crippen molar-refractivity contribution in [2.45, 2.75) is 40.2 Å². The maximum atomic E-state index is 10.9. The van der Waals surface area contributed by atoms with Crippen molar-refractivity contribution in [3.05, 3.63) is 29.3 Å². The van der Waals surface area contributed by atoms with E-state index in [1.54, 1.807) is 13.2 Å². The monoisotopic (exact) mass is 277 g/mol. The smallest absolute Gasteiger partial charge is 0.150 e. The summed E-state index contributed by atoms with van der Waals surface area (Å²) < 4.78 is 5.41. The first-order chi connectivity index (χ1) is 9.68. The number of methoxy groups -OCH3 is 1. The number of ether oxygens (including phenoxy) is 1. The Labute approximate surface area is 122 Å². The molecule has 1 aromatic carbocycles. The molecule has 0 aromatic heterocycles. The number of benzene rings is 1. The molecule has 0 radical (unpaired) electrons. The summed E-state index contributed by atoms with van der Waals surface area (Å²) in [6.07, 6.45) is 3.30. The second-order valence-electron chi connectivity index (χ2n) is 5.20. The lowest BCUT2D eigenvalue weighted by molar-refractivity contribution is 0.112. The highest BCUT2D eigenvalue weighted by Crippen LogP contribution is 2.22. The lowest BCUT2D eigenvalue weighted by Crippen LogP contribution is -2.29. The number of hydrogen-bond donors (Lipinski definition) is 0. The number of nitrogens with zero attached hydrogens (tertiary/aromatic N) is 1. The molecule has 0 saturated heterocycles. The zero-order valence-electron chi connectivity index (χ0n) is 13.2. The van der Waals surface area contributed by atoms with E-state index in [0.717, 1.165) is 43.2 Å². The average molecular weight is 277 g/mol. The van der Waals surface area contributed by atoms with Crippen LogP contribution in [0.1, 0.15) is 49.5 Å². The largest absolute Gasteiger partial charge is 0.496 e. The fourth-order valence-corrected chi connectivity index (χ4v) is 2.45. The Balaban J connectivity index is 2.85. The van der Waals surface area contributed by atoms with Crippen LogP contribution in [-0.4, -0.2) is 31.4 Å². The highest BCUT2D eigenvalue weighted by Gasteiger charge is 2.13. The lowest BCUT2D eigenvalue weighted by Gasteiger charge is -2.26. The van der Waals surface area contributed by atoms with E-state index in [0.29, 0.717) is 5.56 Å². The van der Waals surface area contributed by atoms with Gasteiger partial charge in [-0.05, 0) is 30.7 Å². The Kier molecular flexibility index (Phi) is 7.31. The molecule has 1 aromatic rings. The van der Waals surface area contributed by atoms with Crippen LogP contribution in [0, 0.1) is 5.92 Å². The number of aldehydes is 1. The number of rotatable bonds is 9. The molecule has 0 fully saturated rings. The molecule has 1 rings (SSSR count). The molecule has 0 aliphatic heterocycles. The zero-order valence-corrected chi connectivity index (χ0v) is 13.2. The highest BCUT2D eigenvalue weighted by molar-refractivity contribution is 5.75. The Morgan fingerprint density at radius 1 is 1.25 bits per heavy atom. The number of carbonyl (C=O) groups is 1. The molecule has 112 valence electrons. The minimum atomic E-state index is 0.708. The molecule has 0 bridgehead atoms. The summed E-state index contributed by atoms with van der Waals surface area (Å²) in [7, 11) is 1.68. The van der Waals surface area contributed by atoms with Crippen molar-refractivity contribution >= 4 is 6.29 Å². The molecule has 0 aliphatic rings. The molecule has 0 N–H and O–H groups in total. The van der Waals surface area contributed by atoms with Crippen LogP contribution >= 0.6 is 0 Å². The summed E-state index contributed by atoms with van der Waals surface area (Å²) in [5, 5.41) is 0. The summed E-state index contributed by atoms with van der Waals surface area (Å²) in [4.78, 5) is 13.4. The second kappa shape index (κ2) is 8.75. The van der Waals surface area contributed by atoms with Gasteiger partial charge >= 0.3 is 0 Å². The van der Waals surface area contributed by atoms with Crippen molar-refractivity contribution < 1.29 is 9.53 Å². The van der Waals surface area contributed by atoms with Gasteiger partial charge in [0.05, 0.1) is 7.11 Å². The molecular formula is C17H27NO2. The van der Waals surface area contributed by atoms with Gasteiger partial charge in [-0.25, -0.2) is 0 Å². The van der Waals surface area contributed by atoms with Crippen LogP contribution in [0.2, 0.25) is 0 Å². The van der Waals surface area contributed by atoms with E-state index in [1.165, 1.54) is 12.8 Å². The third-order valence-electron chi connectivity index (χ3n) is 3.95. The molecular weight excluding hydrogens is 250 g/mol. The first-order valence-corrected chi connectivity index (χ1v) is 7.52. The zero-order chi connectivity index (χ0) is 15.0. The van der Waals surface area contributed by atoms with Crippen molar-refractivity contribution in [1.82, 2.24) is 4.90 Å². The van der Waals surface area contributed by atoms with Crippen molar-refractivity contribution in [2.75, 3.05) is 20.2 Å². The van der Waals surface area contributed by atoms with Crippen molar-refractivity contribution in [3.8, 4) is 5.75 Å². The normalized spacial score (nSPS) is 11.1. The van der Waals surface area contributed by atoms with E-state index < -0.39 is 0 Å². The Morgan fingerprint density at radius 3 is 2.45 bits per heavy atom. The minimum Gasteiger partial charge on any atom is -0.496 e. The van der Waals surface area contributed by atoms with Crippen LogP contribution in [0.25, 0.3) is 0 Å². The van der Waals surface area contributed by atoms with Crippen molar-refractivity contribution in [2.24, 2.45) is 5.92 Å². The van der Waals surface area contributed by atoms with Crippen LogP contribution in [0.4, 0.5) is 0 Å². The molecule has 0 amide bonds. The van der Waals surface area contributed by atoms with Crippen LogP contribution in [0.15, 0.2) is 18.2 Å². The van der Waals surface area contributed by atoms with Crippen molar-refractivity contribution in [1.29, 1.82) is 0 Å². The standard InChI is InChI=1S/C17H27NO2/c1-5-14(6-2)11-18(7-3)12-16-10-15(13-19)8-9-17(16)20-4/h8-10,13-14H,5-7,11-12H2,1-4H3. The van der Waals surface area contributed by atoms with E-state index in [1.807, 2.05) is 12.1 Å². The summed E-state index contributed by atoms with van der Waals surface area (Å²) in [6, 6.07) is 5.61. The van der Waals surface area contributed by atoms with Gasteiger partial charge in [0.25, 0.3) is 0 Å². The SMILES string of the molecule is CCC(CC)CN(CC)Cc1cc(C=O)ccc1OC. The molecule has 3 nitrogen and oxygen atoms in total. The number of hydrogen-bond acceptors (Lipinski definition) is 3. The summed E-state index contributed by atoms with van der Waals surface area (Å²) >= 11 is 0. The van der Waals surface area contributed by atoms with Gasteiger partial charge in [0.1, 0.15) is 12.0 Å². The molecule has 0 atom stereocenters. The van der Waals surface area contributed by atoms with Gasteiger partial charge in [-0.3, -0.25) is 9.69 Å². The van der Waals surface area contributed by atoms with Gasteiger partial charge in [0, 0.05) is 24.2 Å². The third-order valence-corrected chi connectivity index (χ3v) is 3.95. The van der Waals surface area contributed by atoms with E-state index >= 15 is 0 Å². The fraction of sp³-hybridized carbons (Fsp3) is 0.588. The molecule has 0 heterocycles. The van der Waals surface area contributed by atoms with Crippen LogP contribution < -0.4 is 4.74 Å². The lowest BCUT2D eigenvalue weighted by atomic mass is 10.0. The molecule has 20 heavy (non-hydrogen) atoms. The van der Waals surface area contributed by atoms with Gasteiger partial charge in [-0.1, -0.05) is 33.6 Å². The predicted octanol–water partition coefficient (Wildman–Crippen LogP) is 3.77. The third kappa shape index (κ3) is 4.64. The van der Waals surface area contributed by atoms with Crippen LogP contribution in [0.5, 0.6) is 5.75 Å². The predicted molar refractivity (Wildman–Crippen MR) is 83.4 cm³/mol. The molecule has 0 saturated carbocycles. The topological polar surface area (TPSA) is 29.5 Å². The Hall–Kier alpha value is -1.35.